The van der Waals surface area contributed by atoms with Crippen LogP contribution in [0.5, 0.6) is 0 Å². The Balaban J connectivity index is 2.66. The van der Waals surface area contributed by atoms with E-state index in [9.17, 15) is 0 Å². The van der Waals surface area contributed by atoms with Gasteiger partial charge in [-0.3, -0.25) is 5.43 Å². The quantitative estimate of drug-likeness (QED) is 0.584. The maximum atomic E-state index is 3.86. The molecule has 56 valence electrons. The van der Waals surface area contributed by atoms with Gasteiger partial charge in [0.25, 0.3) is 0 Å². The van der Waals surface area contributed by atoms with E-state index in [4.69, 9.17) is 0 Å². The van der Waals surface area contributed by atoms with E-state index in [1.165, 1.54) is 11.1 Å². The van der Waals surface area contributed by atoms with Gasteiger partial charge in [0.15, 0.2) is 0 Å². The Morgan fingerprint density at radius 1 is 1.27 bits per heavy atom. The lowest BCUT2D eigenvalue weighted by molar-refractivity contribution is 1.14. The number of benzene rings is 1. The summed E-state index contributed by atoms with van der Waals surface area (Å²) in [4.78, 5) is 0. The van der Waals surface area contributed by atoms with Gasteiger partial charge in [-0.05, 0) is 12.5 Å². The fourth-order valence-electron chi connectivity index (χ4n) is 1.29. The van der Waals surface area contributed by atoms with Crippen LogP contribution >= 0.6 is 0 Å². The summed E-state index contributed by atoms with van der Waals surface area (Å²) >= 11 is 0. The number of anilines is 1. The Hall–Kier alpha value is -1.44. The summed E-state index contributed by atoms with van der Waals surface area (Å²) in [6.07, 6.45) is 0. The molecule has 1 aliphatic rings. The third-order valence-corrected chi connectivity index (χ3v) is 1.94. The molecule has 1 heterocycles. The van der Waals surface area contributed by atoms with E-state index in [2.05, 4.69) is 36.5 Å². The molecular formula is C9H10N2. The van der Waals surface area contributed by atoms with E-state index >= 15 is 0 Å². The fourth-order valence-corrected chi connectivity index (χ4v) is 1.29. The summed E-state index contributed by atoms with van der Waals surface area (Å²) in [6.45, 7) is 5.94. The third-order valence-electron chi connectivity index (χ3n) is 1.94. The zero-order valence-corrected chi connectivity index (χ0v) is 6.44. The highest BCUT2D eigenvalue weighted by atomic mass is 15.4. The monoisotopic (exact) mass is 146 g/mol. The van der Waals surface area contributed by atoms with E-state index in [-0.39, 0.29) is 0 Å². The van der Waals surface area contributed by atoms with Crippen molar-refractivity contribution in [3.63, 3.8) is 0 Å². The second-order valence-electron chi connectivity index (χ2n) is 2.73. The summed E-state index contributed by atoms with van der Waals surface area (Å²) in [5.74, 6) is 0. The molecule has 0 fully saturated rings. The number of rotatable bonds is 0. The molecule has 2 heteroatoms. The van der Waals surface area contributed by atoms with Crippen LogP contribution in [0, 0.1) is 6.92 Å². The van der Waals surface area contributed by atoms with Crippen LogP contribution in [0.3, 0.4) is 0 Å². The van der Waals surface area contributed by atoms with Gasteiger partial charge in [-0.15, -0.1) is 0 Å². The number of para-hydroxylation sites is 1. The van der Waals surface area contributed by atoms with Crippen molar-refractivity contribution in [2.24, 2.45) is 0 Å². The summed E-state index contributed by atoms with van der Waals surface area (Å²) in [5.41, 5.74) is 10.6. The van der Waals surface area contributed by atoms with Gasteiger partial charge in [0, 0.05) is 5.56 Å². The standard InChI is InChI=1S/C9H10N2/c1-6-4-3-5-8-7(2)10-11-9(6)8/h3-5,10-11H,2H2,1H3. The Morgan fingerprint density at radius 2 is 2.09 bits per heavy atom. The lowest BCUT2D eigenvalue weighted by Gasteiger charge is -2.00. The molecule has 1 aliphatic heterocycles. The number of aryl methyl sites for hydroxylation is 1. The largest absolute Gasteiger partial charge is 0.301 e. The zero-order chi connectivity index (χ0) is 7.84. The van der Waals surface area contributed by atoms with Gasteiger partial charge in [0.2, 0.25) is 0 Å². The number of hydrogen-bond acceptors (Lipinski definition) is 2. The van der Waals surface area contributed by atoms with Crippen molar-refractivity contribution in [1.29, 1.82) is 0 Å². The Bertz CT molecular complexity index is 315. The van der Waals surface area contributed by atoms with Gasteiger partial charge in [-0.1, -0.05) is 24.8 Å². The van der Waals surface area contributed by atoms with Crippen molar-refractivity contribution < 1.29 is 0 Å². The van der Waals surface area contributed by atoms with E-state index in [1.54, 1.807) is 0 Å². The molecule has 0 bridgehead atoms. The molecule has 1 aromatic rings. The molecule has 0 unspecified atom stereocenters. The number of fused-ring (bicyclic) bond motifs is 1. The Kier molecular flexibility index (Phi) is 1.15. The minimum absolute atomic E-state index is 0.948. The smallest absolute Gasteiger partial charge is 0.0662 e. The summed E-state index contributed by atoms with van der Waals surface area (Å²) in [6, 6.07) is 6.16. The van der Waals surface area contributed by atoms with Gasteiger partial charge in [0.05, 0.1) is 11.4 Å². The molecule has 0 saturated carbocycles. The zero-order valence-electron chi connectivity index (χ0n) is 6.44. The summed E-state index contributed by atoms with van der Waals surface area (Å²) < 4.78 is 0. The number of nitrogens with one attached hydrogen (secondary N) is 2. The molecule has 0 aromatic heterocycles. The first-order valence-electron chi connectivity index (χ1n) is 3.60. The molecular weight excluding hydrogens is 136 g/mol. The second kappa shape index (κ2) is 2.02. The van der Waals surface area contributed by atoms with Gasteiger partial charge in [-0.2, -0.15) is 0 Å². The Labute approximate surface area is 65.9 Å². The van der Waals surface area contributed by atoms with Gasteiger partial charge in [-0.25, -0.2) is 0 Å². The highest BCUT2D eigenvalue weighted by Gasteiger charge is 2.13. The predicted octanol–water partition coefficient (Wildman–Crippen LogP) is 1.90. The first-order chi connectivity index (χ1) is 5.29. The average molecular weight is 146 g/mol. The Morgan fingerprint density at radius 3 is 2.82 bits per heavy atom. The first-order valence-corrected chi connectivity index (χ1v) is 3.60. The minimum atomic E-state index is 0.948. The molecule has 0 atom stereocenters. The van der Waals surface area contributed by atoms with E-state index in [0.717, 1.165) is 11.4 Å². The topological polar surface area (TPSA) is 24.1 Å². The van der Waals surface area contributed by atoms with Crippen LogP contribution in [0.25, 0.3) is 5.70 Å². The van der Waals surface area contributed by atoms with Crippen LogP contribution in [-0.4, -0.2) is 0 Å². The molecule has 2 N–H and O–H groups in total. The molecule has 0 saturated heterocycles. The van der Waals surface area contributed by atoms with Crippen LogP contribution in [0.1, 0.15) is 11.1 Å². The van der Waals surface area contributed by atoms with E-state index < -0.39 is 0 Å². The number of hydrazine groups is 1. The van der Waals surface area contributed by atoms with Crippen LogP contribution in [0.15, 0.2) is 24.8 Å². The normalized spacial score (nSPS) is 13.7. The van der Waals surface area contributed by atoms with Crippen molar-refractivity contribution >= 4 is 11.4 Å². The van der Waals surface area contributed by atoms with Gasteiger partial charge >= 0.3 is 0 Å². The molecule has 0 spiro atoms. The lowest BCUT2D eigenvalue weighted by atomic mass is 10.1. The predicted molar refractivity (Wildman–Crippen MR) is 47.0 cm³/mol. The van der Waals surface area contributed by atoms with Gasteiger partial charge in [0.1, 0.15) is 0 Å². The highest BCUT2D eigenvalue weighted by Crippen LogP contribution is 2.28. The molecule has 0 aliphatic carbocycles. The maximum Gasteiger partial charge on any atom is 0.0662 e. The highest BCUT2D eigenvalue weighted by molar-refractivity contribution is 5.81. The lowest BCUT2D eigenvalue weighted by Crippen LogP contribution is -2.10. The van der Waals surface area contributed by atoms with Crippen LogP contribution < -0.4 is 10.9 Å². The molecule has 11 heavy (non-hydrogen) atoms. The van der Waals surface area contributed by atoms with E-state index in [0.29, 0.717) is 0 Å². The van der Waals surface area contributed by atoms with Crippen LogP contribution in [0.4, 0.5) is 5.69 Å². The second-order valence-corrected chi connectivity index (χ2v) is 2.73. The van der Waals surface area contributed by atoms with Crippen molar-refractivity contribution in [2.45, 2.75) is 6.92 Å². The molecule has 2 nitrogen and oxygen atoms in total. The average Bonchev–Trinajstić information content (AvgIpc) is 2.35. The van der Waals surface area contributed by atoms with E-state index in [1.807, 2.05) is 6.07 Å². The van der Waals surface area contributed by atoms with Crippen LogP contribution in [0.2, 0.25) is 0 Å². The fraction of sp³-hybridized carbons (Fsp3) is 0.111. The summed E-state index contributed by atoms with van der Waals surface area (Å²) in [7, 11) is 0. The minimum Gasteiger partial charge on any atom is -0.301 e. The van der Waals surface area contributed by atoms with Crippen LogP contribution in [-0.2, 0) is 0 Å². The molecule has 0 radical (unpaired) electrons. The number of hydrogen-bond donors (Lipinski definition) is 2. The van der Waals surface area contributed by atoms with Crippen molar-refractivity contribution in [3.8, 4) is 0 Å². The van der Waals surface area contributed by atoms with Crippen molar-refractivity contribution in [3.05, 3.63) is 35.9 Å². The van der Waals surface area contributed by atoms with Crippen molar-refractivity contribution in [2.75, 3.05) is 5.43 Å². The first kappa shape index (κ1) is 6.28. The summed E-state index contributed by atoms with van der Waals surface area (Å²) in [5, 5.41) is 0. The molecule has 0 amide bonds. The SMILES string of the molecule is C=C1NNc2c(C)cccc21. The van der Waals surface area contributed by atoms with Gasteiger partial charge < -0.3 is 5.43 Å². The molecule has 1 aromatic carbocycles. The maximum absolute atomic E-state index is 3.86. The molecule has 2 rings (SSSR count). The third kappa shape index (κ3) is 0.792. The van der Waals surface area contributed by atoms with Crippen molar-refractivity contribution in [1.82, 2.24) is 5.43 Å².